The first-order valence-electron chi connectivity index (χ1n) is 8.85. The topological polar surface area (TPSA) is 60.0 Å². The fraction of sp³-hybridized carbons (Fsp3) is 0.579. The molecule has 146 valence electrons. The van der Waals surface area contributed by atoms with E-state index in [1.54, 1.807) is 7.05 Å². The van der Waals surface area contributed by atoms with Crippen LogP contribution in [0.1, 0.15) is 32.3 Å². The van der Waals surface area contributed by atoms with Crippen molar-refractivity contribution in [3.63, 3.8) is 0 Å². The molecule has 0 atom stereocenters. The van der Waals surface area contributed by atoms with Crippen LogP contribution >= 0.6 is 24.0 Å². The van der Waals surface area contributed by atoms with Crippen LogP contribution in [0.3, 0.4) is 0 Å². The number of carbonyl (C=O) groups is 1. The fourth-order valence-corrected chi connectivity index (χ4v) is 2.58. The van der Waals surface area contributed by atoms with E-state index >= 15 is 0 Å². The molecule has 1 saturated heterocycles. The van der Waals surface area contributed by atoms with Crippen LogP contribution in [0.4, 0.5) is 5.69 Å². The van der Waals surface area contributed by atoms with E-state index < -0.39 is 0 Å². The lowest BCUT2D eigenvalue weighted by atomic mass is 10.0. The van der Waals surface area contributed by atoms with Gasteiger partial charge < -0.3 is 20.4 Å². The van der Waals surface area contributed by atoms with Crippen LogP contribution in [0.15, 0.2) is 29.3 Å². The Morgan fingerprint density at radius 1 is 1.23 bits per heavy atom. The fourth-order valence-electron chi connectivity index (χ4n) is 2.58. The van der Waals surface area contributed by atoms with Gasteiger partial charge in [0.05, 0.1) is 0 Å². The molecule has 0 unspecified atom stereocenters. The van der Waals surface area contributed by atoms with Gasteiger partial charge in [0, 0.05) is 44.3 Å². The Bertz CT molecular complexity index is 613. The number of anilines is 1. The van der Waals surface area contributed by atoms with E-state index in [1.165, 1.54) is 0 Å². The molecule has 0 aromatic heterocycles. The lowest BCUT2D eigenvalue weighted by molar-refractivity contribution is -0.117. The molecule has 0 spiro atoms. The van der Waals surface area contributed by atoms with Gasteiger partial charge >= 0.3 is 0 Å². The van der Waals surface area contributed by atoms with Crippen LogP contribution in [-0.4, -0.2) is 56.5 Å². The first-order chi connectivity index (χ1) is 11.8. The minimum absolute atomic E-state index is 0. The van der Waals surface area contributed by atoms with Crippen LogP contribution in [-0.2, 0) is 11.3 Å². The minimum Gasteiger partial charge on any atom is -0.355 e. The molecule has 1 fully saturated rings. The Balaban J connectivity index is 0.00000338. The first kappa shape index (κ1) is 22.7. The number of nitrogens with zero attached hydrogens (tertiary/aromatic N) is 3. The number of benzene rings is 1. The maximum Gasteiger partial charge on any atom is 0.227 e. The Kier molecular flexibility index (Phi) is 8.82. The molecule has 6 nitrogen and oxygen atoms in total. The van der Waals surface area contributed by atoms with Gasteiger partial charge in [0.2, 0.25) is 5.91 Å². The molecule has 0 aliphatic carbocycles. The summed E-state index contributed by atoms with van der Waals surface area (Å²) in [6.45, 7) is 6.69. The second kappa shape index (κ2) is 10.1. The van der Waals surface area contributed by atoms with Crippen molar-refractivity contribution in [2.45, 2.75) is 38.8 Å². The zero-order valence-electron chi connectivity index (χ0n) is 16.5. The van der Waals surface area contributed by atoms with Crippen molar-refractivity contribution in [2.24, 2.45) is 4.99 Å². The standard InChI is InChI=1S/C19H31N5O.HI/c1-19(2,23(4)5)14-22-18(20-3)21-13-15-8-10-16(11-9-15)24-12-6-7-17(24)25;/h8-11H,6-7,12-14H2,1-5H3,(H2,20,21,22);1H. The van der Waals surface area contributed by atoms with Gasteiger partial charge in [-0.15, -0.1) is 24.0 Å². The lowest BCUT2D eigenvalue weighted by Crippen LogP contribution is -2.50. The molecule has 26 heavy (non-hydrogen) atoms. The highest BCUT2D eigenvalue weighted by Gasteiger charge is 2.22. The van der Waals surface area contributed by atoms with Gasteiger partial charge in [0.15, 0.2) is 5.96 Å². The number of guanidine groups is 1. The summed E-state index contributed by atoms with van der Waals surface area (Å²) in [6.07, 6.45) is 1.61. The number of rotatable bonds is 6. The van der Waals surface area contributed by atoms with Crippen LogP contribution in [0.25, 0.3) is 0 Å². The van der Waals surface area contributed by atoms with Gasteiger partial charge in [-0.25, -0.2) is 0 Å². The SMILES string of the molecule is CN=C(NCc1ccc(N2CCCC2=O)cc1)NCC(C)(C)N(C)C.I. The summed E-state index contributed by atoms with van der Waals surface area (Å²) in [4.78, 5) is 20.1. The molecule has 1 amide bonds. The first-order valence-corrected chi connectivity index (χ1v) is 8.85. The van der Waals surface area contributed by atoms with Crippen LogP contribution in [0.2, 0.25) is 0 Å². The smallest absolute Gasteiger partial charge is 0.227 e. The van der Waals surface area contributed by atoms with Gasteiger partial charge in [-0.1, -0.05) is 12.1 Å². The highest BCUT2D eigenvalue weighted by molar-refractivity contribution is 14.0. The summed E-state index contributed by atoms with van der Waals surface area (Å²) in [5.74, 6) is 1.01. The Hall–Kier alpha value is -1.35. The molecule has 0 radical (unpaired) electrons. The molecular weight excluding hydrogens is 441 g/mol. The van der Waals surface area contributed by atoms with Gasteiger partial charge in [0.25, 0.3) is 0 Å². The quantitative estimate of drug-likeness (QED) is 0.379. The summed E-state index contributed by atoms with van der Waals surface area (Å²) >= 11 is 0. The Morgan fingerprint density at radius 3 is 2.38 bits per heavy atom. The molecule has 2 rings (SSSR count). The van der Waals surface area contributed by atoms with Crippen molar-refractivity contribution in [1.82, 2.24) is 15.5 Å². The van der Waals surface area contributed by atoms with Crippen LogP contribution < -0.4 is 15.5 Å². The molecule has 1 aromatic carbocycles. The van der Waals surface area contributed by atoms with Gasteiger partial charge in [0.1, 0.15) is 0 Å². The molecule has 1 aromatic rings. The average Bonchev–Trinajstić information content (AvgIpc) is 3.01. The number of halogens is 1. The number of nitrogens with one attached hydrogen (secondary N) is 2. The zero-order valence-corrected chi connectivity index (χ0v) is 18.8. The third-order valence-electron chi connectivity index (χ3n) is 4.90. The molecular formula is C19H32IN5O. The summed E-state index contributed by atoms with van der Waals surface area (Å²) in [6, 6.07) is 8.16. The van der Waals surface area contributed by atoms with Crippen LogP contribution in [0, 0.1) is 0 Å². The highest BCUT2D eigenvalue weighted by atomic mass is 127. The normalized spacial score (nSPS) is 15.2. The molecule has 1 aliphatic rings. The number of amides is 1. The average molecular weight is 473 g/mol. The number of carbonyl (C=O) groups excluding carboxylic acids is 1. The largest absolute Gasteiger partial charge is 0.355 e. The minimum atomic E-state index is 0. The number of likely N-dealkylation sites (N-methyl/N-ethyl adjacent to an activating group) is 1. The molecule has 1 aliphatic heterocycles. The van der Waals surface area contributed by atoms with E-state index in [2.05, 4.69) is 60.6 Å². The van der Waals surface area contributed by atoms with E-state index in [-0.39, 0.29) is 35.4 Å². The third-order valence-corrected chi connectivity index (χ3v) is 4.90. The van der Waals surface area contributed by atoms with Crippen molar-refractivity contribution in [3.05, 3.63) is 29.8 Å². The monoisotopic (exact) mass is 473 g/mol. The summed E-state index contributed by atoms with van der Waals surface area (Å²) in [7, 11) is 5.93. The van der Waals surface area contributed by atoms with E-state index in [4.69, 9.17) is 0 Å². The maximum absolute atomic E-state index is 11.8. The van der Waals surface area contributed by atoms with E-state index in [9.17, 15) is 4.79 Å². The lowest BCUT2D eigenvalue weighted by Gasteiger charge is -2.33. The predicted molar refractivity (Wildman–Crippen MR) is 119 cm³/mol. The van der Waals surface area contributed by atoms with Crippen molar-refractivity contribution < 1.29 is 4.79 Å². The summed E-state index contributed by atoms with van der Waals surface area (Å²) in [5, 5.41) is 6.70. The van der Waals surface area contributed by atoms with E-state index in [0.29, 0.717) is 13.0 Å². The summed E-state index contributed by atoms with van der Waals surface area (Å²) in [5.41, 5.74) is 2.19. The number of aliphatic imine (C=N–C) groups is 1. The Morgan fingerprint density at radius 2 is 1.88 bits per heavy atom. The van der Waals surface area contributed by atoms with Crippen molar-refractivity contribution >= 4 is 41.5 Å². The van der Waals surface area contributed by atoms with E-state index in [1.807, 2.05) is 17.0 Å². The molecule has 0 saturated carbocycles. The van der Waals surface area contributed by atoms with Crippen molar-refractivity contribution in [1.29, 1.82) is 0 Å². The molecule has 0 bridgehead atoms. The molecule has 7 heteroatoms. The highest BCUT2D eigenvalue weighted by Crippen LogP contribution is 2.21. The van der Waals surface area contributed by atoms with Crippen molar-refractivity contribution in [2.75, 3.05) is 39.1 Å². The second-order valence-electron chi connectivity index (χ2n) is 7.30. The van der Waals surface area contributed by atoms with Crippen molar-refractivity contribution in [3.8, 4) is 0 Å². The molecule has 1 heterocycles. The maximum atomic E-state index is 11.8. The Labute approximate surface area is 174 Å². The van der Waals surface area contributed by atoms with Gasteiger partial charge in [-0.05, 0) is 52.1 Å². The zero-order chi connectivity index (χ0) is 18.4. The predicted octanol–water partition coefficient (Wildman–Crippen LogP) is 2.44. The number of hydrogen-bond acceptors (Lipinski definition) is 3. The van der Waals surface area contributed by atoms with E-state index in [0.717, 1.165) is 36.7 Å². The van der Waals surface area contributed by atoms with Crippen LogP contribution in [0.5, 0.6) is 0 Å². The van der Waals surface area contributed by atoms with Gasteiger partial charge in [-0.3, -0.25) is 9.79 Å². The third kappa shape index (κ3) is 6.12. The van der Waals surface area contributed by atoms with Gasteiger partial charge in [-0.2, -0.15) is 0 Å². The second-order valence-corrected chi connectivity index (χ2v) is 7.30. The molecule has 2 N–H and O–H groups in total. The number of hydrogen-bond donors (Lipinski definition) is 2. The summed E-state index contributed by atoms with van der Waals surface area (Å²) < 4.78 is 0.